The van der Waals surface area contributed by atoms with Gasteiger partial charge < -0.3 is 5.73 Å². The van der Waals surface area contributed by atoms with E-state index in [-0.39, 0.29) is 0 Å². The van der Waals surface area contributed by atoms with Crippen LogP contribution in [0, 0.1) is 0 Å². The largest absolute Gasteiger partial charge is 0.330 e. The van der Waals surface area contributed by atoms with Gasteiger partial charge in [0.2, 0.25) is 0 Å². The van der Waals surface area contributed by atoms with Crippen molar-refractivity contribution in [3.8, 4) is 0 Å². The van der Waals surface area contributed by atoms with Crippen LogP contribution in [0.4, 0.5) is 0 Å². The molecule has 2 N–H and O–H groups in total. The lowest BCUT2D eigenvalue weighted by Crippen LogP contribution is -1.99. The van der Waals surface area contributed by atoms with Gasteiger partial charge in [-0.1, -0.05) is 29.8 Å². The second-order valence-electron chi connectivity index (χ2n) is 3.24. The lowest BCUT2D eigenvalue weighted by molar-refractivity contribution is 1.02. The van der Waals surface area contributed by atoms with Gasteiger partial charge in [0, 0.05) is 5.02 Å². The molecule has 1 aromatic rings. The summed E-state index contributed by atoms with van der Waals surface area (Å²) in [7, 11) is 0. The Morgan fingerprint density at radius 2 is 2.23 bits per heavy atom. The quantitative estimate of drug-likeness (QED) is 0.768. The SMILES string of the molecule is NCCC1=CCc2c(Cl)cccc21. The molecule has 0 bridgehead atoms. The van der Waals surface area contributed by atoms with E-state index in [0.29, 0.717) is 6.54 Å². The van der Waals surface area contributed by atoms with Crippen LogP contribution in [0.25, 0.3) is 5.57 Å². The summed E-state index contributed by atoms with van der Waals surface area (Å²) in [6, 6.07) is 6.06. The molecule has 0 aromatic heterocycles. The monoisotopic (exact) mass is 193 g/mol. The van der Waals surface area contributed by atoms with Gasteiger partial charge in [-0.2, -0.15) is 0 Å². The zero-order valence-corrected chi connectivity index (χ0v) is 8.14. The smallest absolute Gasteiger partial charge is 0.0447 e. The van der Waals surface area contributed by atoms with Crippen molar-refractivity contribution in [2.45, 2.75) is 12.8 Å². The molecule has 1 aromatic carbocycles. The Morgan fingerprint density at radius 3 is 3.00 bits per heavy atom. The lowest BCUT2D eigenvalue weighted by atomic mass is 10.0. The van der Waals surface area contributed by atoms with Crippen LogP contribution in [0.5, 0.6) is 0 Å². The van der Waals surface area contributed by atoms with Crippen molar-refractivity contribution in [3.05, 3.63) is 40.4 Å². The Bertz CT molecular complexity index is 355. The number of rotatable bonds is 2. The number of fused-ring (bicyclic) bond motifs is 1. The minimum atomic E-state index is 0.706. The van der Waals surface area contributed by atoms with Gasteiger partial charge in [-0.25, -0.2) is 0 Å². The zero-order chi connectivity index (χ0) is 9.26. The number of benzene rings is 1. The standard InChI is InChI=1S/C11H12ClN/c12-11-3-1-2-9-8(6-7-13)4-5-10(9)11/h1-4H,5-7,13H2. The summed E-state index contributed by atoms with van der Waals surface area (Å²) in [5, 5.41) is 0.876. The van der Waals surface area contributed by atoms with Crippen LogP contribution in [0.3, 0.4) is 0 Å². The van der Waals surface area contributed by atoms with Crippen LogP contribution in [-0.2, 0) is 6.42 Å². The molecule has 0 heterocycles. The maximum Gasteiger partial charge on any atom is 0.0447 e. The van der Waals surface area contributed by atoms with Gasteiger partial charge in [-0.05, 0) is 42.2 Å². The molecule has 0 amide bonds. The average molecular weight is 194 g/mol. The minimum Gasteiger partial charge on any atom is -0.330 e. The summed E-state index contributed by atoms with van der Waals surface area (Å²) in [4.78, 5) is 0. The molecule has 13 heavy (non-hydrogen) atoms. The maximum absolute atomic E-state index is 6.07. The van der Waals surface area contributed by atoms with Crippen molar-refractivity contribution in [2.24, 2.45) is 5.73 Å². The first-order valence-corrected chi connectivity index (χ1v) is 4.87. The molecule has 0 saturated carbocycles. The van der Waals surface area contributed by atoms with E-state index in [1.165, 1.54) is 16.7 Å². The Hall–Kier alpha value is -0.790. The Kier molecular flexibility index (Phi) is 2.38. The molecule has 0 radical (unpaired) electrons. The number of hydrogen-bond acceptors (Lipinski definition) is 1. The van der Waals surface area contributed by atoms with Crippen LogP contribution >= 0.6 is 11.6 Å². The molecule has 0 fully saturated rings. The molecule has 1 aliphatic rings. The first-order valence-electron chi connectivity index (χ1n) is 4.50. The maximum atomic E-state index is 6.07. The van der Waals surface area contributed by atoms with Gasteiger partial charge in [0.25, 0.3) is 0 Å². The fraction of sp³-hybridized carbons (Fsp3) is 0.273. The fourth-order valence-corrected chi connectivity index (χ4v) is 2.05. The van der Waals surface area contributed by atoms with Gasteiger partial charge in [-0.3, -0.25) is 0 Å². The molecule has 0 spiro atoms. The van der Waals surface area contributed by atoms with E-state index in [9.17, 15) is 0 Å². The summed E-state index contributed by atoms with van der Waals surface area (Å²) >= 11 is 6.07. The van der Waals surface area contributed by atoms with Crippen LogP contribution in [0.1, 0.15) is 17.5 Å². The van der Waals surface area contributed by atoms with E-state index >= 15 is 0 Å². The normalized spacial score (nSPS) is 14.2. The van der Waals surface area contributed by atoms with Crippen LogP contribution in [-0.4, -0.2) is 6.54 Å². The molecular formula is C11H12ClN. The highest BCUT2D eigenvalue weighted by atomic mass is 35.5. The number of hydrogen-bond donors (Lipinski definition) is 1. The summed E-state index contributed by atoms with van der Waals surface area (Å²) in [6.07, 6.45) is 4.14. The third kappa shape index (κ3) is 1.50. The predicted octanol–water partition coefficient (Wildman–Crippen LogP) is 2.63. The van der Waals surface area contributed by atoms with Crippen LogP contribution in [0.2, 0.25) is 5.02 Å². The first kappa shape index (κ1) is 8.79. The van der Waals surface area contributed by atoms with Crippen molar-refractivity contribution in [1.82, 2.24) is 0 Å². The molecule has 2 heteroatoms. The van der Waals surface area contributed by atoms with E-state index in [0.717, 1.165) is 17.9 Å². The highest BCUT2D eigenvalue weighted by molar-refractivity contribution is 6.31. The van der Waals surface area contributed by atoms with Crippen molar-refractivity contribution in [1.29, 1.82) is 0 Å². The second kappa shape index (κ2) is 3.52. The molecule has 0 atom stereocenters. The van der Waals surface area contributed by atoms with E-state index in [1.807, 2.05) is 12.1 Å². The summed E-state index contributed by atoms with van der Waals surface area (Å²) in [5.74, 6) is 0. The number of nitrogens with two attached hydrogens (primary N) is 1. The van der Waals surface area contributed by atoms with E-state index in [2.05, 4.69) is 12.1 Å². The summed E-state index contributed by atoms with van der Waals surface area (Å²) < 4.78 is 0. The Labute approximate surface area is 83.2 Å². The van der Waals surface area contributed by atoms with E-state index < -0.39 is 0 Å². The summed E-state index contributed by atoms with van der Waals surface area (Å²) in [5.41, 5.74) is 9.42. The van der Waals surface area contributed by atoms with Crippen molar-refractivity contribution < 1.29 is 0 Å². The molecule has 0 saturated heterocycles. The van der Waals surface area contributed by atoms with Crippen molar-refractivity contribution in [3.63, 3.8) is 0 Å². The zero-order valence-electron chi connectivity index (χ0n) is 7.39. The van der Waals surface area contributed by atoms with Gasteiger partial charge >= 0.3 is 0 Å². The third-order valence-electron chi connectivity index (χ3n) is 2.43. The van der Waals surface area contributed by atoms with Gasteiger partial charge in [0.05, 0.1) is 0 Å². The molecule has 2 rings (SSSR count). The highest BCUT2D eigenvalue weighted by Crippen LogP contribution is 2.33. The molecule has 1 nitrogen and oxygen atoms in total. The lowest BCUT2D eigenvalue weighted by Gasteiger charge is -2.05. The highest BCUT2D eigenvalue weighted by Gasteiger charge is 2.14. The molecule has 0 unspecified atom stereocenters. The van der Waals surface area contributed by atoms with Gasteiger partial charge in [0.1, 0.15) is 0 Å². The summed E-state index contributed by atoms with van der Waals surface area (Å²) in [6.45, 7) is 0.706. The van der Waals surface area contributed by atoms with Gasteiger partial charge in [0.15, 0.2) is 0 Å². The Balaban J connectivity index is 2.39. The van der Waals surface area contributed by atoms with Crippen LogP contribution < -0.4 is 5.73 Å². The number of allylic oxidation sites excluding steroid dienone is 1. The van der Waals surface area contributed by atoms with Crippen LogP contribution in [0.15, 0.2) is 24.3 Å². The van der Waals surface area contributed by atoms with Crippen molar-refractivity contribution >= 4 is 17.2 Å². The average Bonchev–Trinajstić information content (AvgIpc) is 2.51. The topological polar surface area (TPSA) is 26.0 Å². The third-order valence-corrected chi connectivity index (χ3v) is 2.79. The van der Waals surface area contributed by atoms with Gasteiger partial charge in [-0.15, -0.1) is 0 Å². The molecule has 68 valence electrons. The number of halogens is 1. The second-order valence-corrected chi connectivity index (χ2v) is 3.65. The molecule has 1 aliphatic carbocycles. The van der Waals surface area contributed by atoms with Crippen molar-refractivity contribution in [2.75, 3.05) is 6.54 Å². The van der Waals surface area contributed by atoms with E-state index in [4.69, 9.17) is 17.3 Å². The Morgan fingerprint density at radius 1 is 1.38 bits per heavy atom. The first-order chi connectivity index (χ1) is 6.33. The molecule has 0 aliphatic heterocycles. The predicted molar refractivity (Wildman–Crippen MR) is 56.8 cm³/mol. The minimum absolute atomic E-state index is 0.706. The fourth-order valence-electron chi connectivity index (χ4n) is 1.79. The molecular weight excluding hydrogens is 182 g/mol. The van der Waals surface area contributed by atoms with E-state index in [1.54, 1.807) is 0 Å².